The Bertz CT molecular complexity index is 587. The number of phenols is 1. The standard InChI is InChI=1S/C14H15N3O3/c1-20-12-6-2-4-10(13(12)18)8-16-14(19)17-11-5-3-7-15-9-11/h2-7,9,18H,8H2,1H3,(H2,16,17,19). The molecule has 0 aliphatic rings. The van der Waals surface area contributed by atoms with E-state index < -0.39 is 0 Å². The van der Waals surface area contributed by atoms with E-state index in [1.54, 1.807) is 42.7 Å². The third-order valence-electron chi connectivity index (χ3n) is 2.66. The fourth-order valence-corrected chi connectivity index (χ4v) is 1.66. The molecular weight excluding hydrogens is 258 g/mol. The molecule has 20 heavy (non-hydrogen) atoms. The summed E-state index contributed by atoms with van der Waals surface area (Å²) in [5, 5.41) is 15.2. The van der Waals surface area contributed by atoms with Crippen molar-refractivity contribution in [2.75, 3.05) is 12.4 Å². The number of anilines is 1. The Labute approximate surface area is 116 Å². The number of nitrogens with one attached hydrogen (secondary N) is 2. The van der Waals surface area contributed by atoms with Crippen molar-refractivity contribution >= 4 is 11.7 Å². The lowest BCUT2D eigenvalue weighted by Gasteiger charge is -2.10. The summed E-state index contributed by atoms with van der Waals surface area (Å²) in [6.07, 6.45) is 3.17. The predicted octanol–water partition coefficient (Wildman–Crippen LogP) is 2.12. The van der Waals surface area contributed by atoms with Crippen molar-refractivity contribution < 1.29 is 14.6 Å². The van der Waals surface area contributed by atoms with Crippen LogP contribution in [0.5, 0.6) is 11.5 Å². The van der Waals surface area contributed by atoms with Crippen molar-refractivity contribution in [1.29, 1.82) is 0 Å². The smallest absolute Gasteiger partial charge is 0.319 e. The summed E-state index contributed by atoms with van der Waals surface area (Å²) in [6.45, 7) is 0.190. The van der Waals surface area contributed by atoms with Crippen LogP contribution in [0, 0.1) is 0 Å². The average molecular weight is 273 g/mol. The molecule has 2 aromatic rings. The maximum absolute atomic E-state index is 11.7. The lowest BCUT2D eigenvalue weighted by atomic mass is 10.2. The van der Waals surface area contributed by atoms with Crippen molar-refractivity contribution in [1.82, 2.24) is 10.3 Å². The van der Waals surface area contributed by atoms with E-state index in [2.05, 4.69) is 15.6 Å². The van der Waals surface area contributed by atoms with E-state index >= 15 is 0 Å². The Morgan fingerprint density at radius 1 is 1.35 bits per heavy atom. The van der Waals surface area contributed by atoms with Crippen LogP contribution in [0.3, 0.4) is 0 Å². The van der Waals surface area contributed by atoms with Crippen LogP contribution in [0.4, 0.5) is 10.5 Å². The van der Waals surface area contributed by atoms with Crippen LogP contribution in [0.2, 0.25) is 0 Å². The Kier molecular flexibility index (Phi) is 4.39. The highest BCUT2D eigenvalue weighted by Gasteiger charge is 2.08. The molecule has 0 bridgehead atoms. The molecule has 104 valence electrons. The Balaban J connectivity index is 1.94. The zero-order valence-corrected chi connectivity index (χ0v) is 11.0. The highest BCUT2D eigenvalue weighted by atomic mass is 16.5. The number of methoxy groups -OCH3 is 1. The van der Waals surface area contributed by atoms with Crippen molar-refractivity contribution in [3.63, 3.8) is 0 Å². The minimum Gasteiger partial charge on any atom is -0.504 e. The molecule has 0 radical (unpaired) electrons. The number of carbonyl (C=O) groups excluding carboxylic acids is 1. The first kappa shape index (κ1) is 13.7. The summed E-state index contributed by atoms with van der Waals surface area (Å²) in [6, 6.07) is 8.19. The van der Waals surface area contributed by atoms with Crippen LogP contribution in [0.1, 0.15) is 5.56 Å². The Morgan fingerprint density at radius 2 is 2.20 bits per heavy atom. The van der Waals surface area contributed by atoms with Gasteiger partial charge in [-0.15, -0.1) is 0 Å². The van der Waals surface area contributed by atoms with E-state index in [4.69, 9.17) is 4.74 Å². The minimum atomic E-state index is -0.375. The first-order chi connectivity index (χ1) is 9.70. The van der Waals surface area contributed by atoms with Gasteiger partial charge in [0.25, 0.3) is 0 Å². The van der Waals surface area contributed by atoms with Gasteiger partial charge in [-0.1, -0.05) is 12.1 Å². The number of urea groups is 1. The number of hydrogen-bond donors (Lipinski definition) is 3. The zero-order valence-electron chi connectivity index (χ0n) is 11.0. The summed E-state index contributed by atoms with van der Waals surface area (Å²) in [4.78, 5) is 15.6. The number of hydrogen-bond acceptors (Lipinski definition) is 4. The third-order valence-corrected chi connectivity index (χ3v) is 2.66. The lowest BCUT2D eigenvalue weighted by molar-refractivity contribution is 0.251. The van der Waals surface area contributed by atoms with Crippen LogP contribution in [-0.4, -0.2) is 23.2 Å². The number of para-hydroxylation sites is 1. The molecule has 0 saturated heterocycles. The summed E-state index contributed by atoms with van der Waals surface area (Å²) < 4.78 is 5.00. The van der Waals surface area contributed by atoms with Crippen LogP contribution >= 0.6 is 0 Å². The number of pyridine rings is 1. The normalized spacial score (nSPS) is 9.85. The van der Waals surface area contributed by atoms with Crippen LogP contribution < -0.4 is 15.4 Å². The predicted molar refractivity (Wildman–Crippen MR) is 74.8 cm³/mol. The fraction of sp³-hybridized carbons (Fsp3) is 0.143. The monoisotopic (exact) mass is 273 g/mol. The summed E-state index contributed by atoms with van der Waals surface area (Å²) in [5.74, 6) is 0.397. The van der Waals surface area contributed by atoms with Gasteiger partial charge in [-0.2, -0.15) is 0 Å². The average Bonchev–Trinajstić information content (AvgIpc) is 2.47. The summed E-state index contributed by atoms with van der Waals surface area (Å²) in [5.41, 5.74) is 1.17. The van der Waals surface area contributed by atoms with E-state index in [1.165, 1.54) is 7.11 Å². The molecule has 0 unspecified atom stereocenters. The van der Waals surface area contributed by atoms with Crippen molar-refractivity contribution in [3.8, 4) is 11.5 Å². The van der Waals surface area contributed by atoms with E-state index in [9.17, 15) is 9.90 Å². The van der Waals surface area contributed by atoms with Gasteiger partial charge in [-0.05, 0) is 18.2 Å². The number of amides is 2. The minimum absolute atomic E-state index is 0.0247. The number of aromatic nitrogens is 1. The molecule has 0 aliphatic carbocycles. The second-order valence-electron chi connectivity index (χ2n) is 4.02. The van der Waals surface area contributed by atoms with Crippen molar-refractivity contribution in [3.05, 3.63) is 48.3 Å². The van der Waals surface area contributed by atoms with Gasteiger partial charge in [0.15, 0.2) is 11.5 Å². The molecule has 6 nitrogen and oxygen atoms in total. The SMILES string of the molecule is COc1cccc(CNC(=O)Nc2cccnc2)c1O. The van der Waals surface area contributed by atoms with E-state index in [1.807, 2.05) is 0 Å². The maximum Gasteiger partial charge on any atom is 0.319 e. The molecule has 0 atom stereocenters. The second-order valence-corrected chi connectivity index (χ2v) is 4.02. The number of rotatable bonds is 4. The Hall–Kier alpha value is -2.76. The largest absolute Gasteiger partial charge is 0.504 e. The highest BCUT2D eigenvalue weighted by Crippen LogP contribution is 2.29. The first-order valence-corrected chi connectivity index (χ1v) is 6.00. The summed E-state index contributed by atoms with van der Waals surface area (Å²) >= 11 is 0. The number of benzene rings is 1. The number of nitrogens with zero attached hydrogens (tertiary/aromatic N) is 1. The van der Waals surface area contributed by atoms with Gasteiger partial charge in [0.1, 0.15) is 0 Å². The van der Waals surface area contributed by atoms with E-state index in [-0.39, 0.29) is 18.3 Å². The van der Waals surface area contributed by atoms with Gasteiger partial charge in [-0.3, -0.25) is 4.98 Å². The zero-order chi connectivity index (χ0) is 14.4. The second kappa shape index (κ2) is 6.42. The molecule has 1 heterocycles. The van der Waals surface area contributed by atoms with Gasteiger partial charge in [0, 0.05) is 18.3 Å². The topological polar surface area (TPSA) is 83.5 Å². The van der Waals surface area contributed by atoms with Gasteiger partial charge < -0.3 is 20.5 Å². The first-order valence-electron chi connectivity index (χ1n) is 6.00. The quantitative estimate of drug-likeness (QED) is 0.796. The maximum atomic E-state index is 11.7. The van der Waals surface area contributed by atoms with Gasteiger partial charge >= 0.3 is 6.03 Å². The van der Waals surface area contributed by atoms with Crippen LogP contribution in [0.15, 0.2) is 42.7 Å². The molecule has 0 aliphatic heterocycles. The van der Waals surface area contributed by atoms with E-state index in [0.29, 0.717) is 17.0 Å². The van der Waals surface area contributed by atoms with Crippen molar-refractivity contribution in [2.24, 2.45) is 0 Å². The van der Waals surface area contributed by atoms with Gasteiger partial charge in [0.05, 0.1) is 19.0 Å². The highest BCUT2D eigenvalue weighted by molar-refractivity contribution is 5.88. The molecular formula is C14H15N3O3. The molecule has 6 heteroatoms. The van der Waals surface area contributed by atoms with Crippen molar-refractivity contribution in [2.45, 2.75) is 6.54 Å². The molecule has 0 saturated carbocycles. The van der Waals surface area contributed by atoms with Crippen LogP contribution in [0.25, 0.3) is 0 Å². The lowest BCUT2D eigenvalue weighted by Crippen LogP contribution is -2.28. The van der Waals surface area contributed by atoms with E-state index in [0.717, 1.165) is 0 Å². The third kappa shape index (κ3) is 3.38. The summed E-state index contributed by atoms with van der Waals surface area (Å²) in [7, 11) is 1.47. The molecule has 3 N–H and O–H groups in total. The number of phenolic OH excluding ortho intramolecular Hbond substituents is 1. The Morgan fingerprint density at radius 3 is 2.90 bits per heavy atom. The number of ether oxygens (including phenoxy) is 1. The molecule has 0 spiro atoms. The van der Waals surface area contributed by atoms with Gasteiger partial charge in [0.2, 0.25) is 0 Å². The number of carbonyl (C=O) groups is 1. The molecule has 1 aromatic heterocycles. The van der Waals surface area contributed by atoms with Gasteiger partial charge in [-0.25, -0.2) is 4.79 Å². The molecule has 2 rings (SSSR count). The van der Waals surface area contributed by atoms with Crippen LogP contribution in [-0.2, 0) is 6.54 Å². The fourth-order valence-electron chi connectivity index (χ4n) is 1.66. The molecule has 1 aromatic carbocycles. The molecule has 0 fully saturated rings. The molecule has 2 amide bonds. The number of aromatic hydroxyl groups is 1.